The van der Waals surface area contributed by atoms with E-state index in [1.54, 1.807) is 18.0 Å². The Labute approximate surface area is 165 Å². The number of ether oxygens (including phenoxy) is 1. The number of likely N-dealkylation sites (N-methyl/N-ethyl adjacent to an activating group) is 1. The third-order valence-electron chi connectivity index (χ3n) is 4.45. The summed E-state index contributed by atoms with van der Waals surface area (Å²) < 4.78 is 11.3. The number of rotatable bonds is 4. The van der Waals surface area contributed by atoms with Crippen LogP contribution in [0, 0.1) is 6.92 Å². The van der Waals surface area contributed by atoms with Crippen LogP contribution < -0.4 is 15.0 Å². The zero-order chi connectivity index (χ0) is 19.7. The van der Waals surface area contributed by atoms with Crippen molar-refractivity contribution in [3.63, 3.8) is 0 Å². The summed E-state index contributed by atoms with van der Waals surface area (Å²) in [7, 11) is 1.55. The van der Waals surface area contributed by atoms with E-state index in [-0.39, 0.29) is 24.8 Å². The van der Waals surface area contributed by atoms with Crippen molar-refractivity contribution in [2.24, 2.45) is 0 Å². The Morgan fingerprint density at radius 1 is 1.29 bits per heavy atom. The molecule has 2 amide bonds. The number of para-hydroxylation sites is 2. The van der Waals surface area contributed by atoms with E-state index in [1.165, 1.54) is 11.3 Å². The molecule has 144 valence electrons. The molecule has 8 heteroatoms. The highest BCUT2D eigenvalue weighted by molar-refractivity contribution is 7.13. The number of carbonyl (C=O) groups is 2. The number of carbonyl (C=O) groups excluding carboxylic acids is 2. The summed E-state index contributed by atoms with van der Waals surface area (Å²) in [5, 5.41) is 5.17. The van der Waals surface area contributed by atoms with Crippen molar-refractivity contribution in [3.05, 3.63) is 53.2 Å². The molecule has 3 heterocycles. The second-order valence-corrected chi connectivity index (χ2v) is 7.28. The minimum atomic E-state index is -0.749. The summed E-state index contributed by atoms with van der Waals surface area (Å²) in [6.07, 6.45) is -0.619. The summed E-state index contributed by atoms with van der Waals surface area (Å²) in [6.45, 7) is 2.03. The van der Waals surface area contributed by atoms with Crippen molar-refractivity contribution < 1.29 is 18.7 Å². The normalized spacial score (nSPS) is 15.6. The number of nitrogens with zero attached hydrogens (tertiary/aromatic N) is 2. The van der Waals surface area contributed by atoms with Crippen molar-refractivity contribution in [1.29, 1.82) is 0 Å². The number of aromatic nitrogens is 1. The zero-order valence-corrected chi connectivity index (χ0v) is 16.3. The topological polar surface area (TPSA) is 84.7 Å². The quantitative estimate of drug-likeness (QED) is 0.732. The van der Waals surface area contributed by atoms with Crippen LogP contribution in [0.25, 0.3) is 10.8 Å². The predicted molar refractivity (Wildman–Crippen MR) is 106 cm³/mol. The largest absolute Gasteiger partial charge is 0.477 e. The summed E-state index contributed by atoms with van der Waals surface area (Å²) in [4.78, 5) is 31.2. The zero-order valence-electron chi connectivity index (χ0n) is 15.5. The number of hydrogen-bond donors (Lipinski definition) is 1. The van der Waals surface area contributed by atoms with Crippen molar-refractivity contribution in [2.75, 3.05) is 18.5 Å². The van der Waals surface area contributed by atoms with Gasteiger partial charge in [0.1, 0.15) is 11.5 Å². The number of fused-ring (bicyclic) bond motifs is 1. The first-order valence-electron chi connectivity index (χ1n) is 8.84. The fourth-order valence-corrected chi connectivity index (χ4v) is 3.85. The molecule has 7 nitrogen and oxygen atoms in total. The monoisotopic (exact) mass is 397 g/mol. The van der Waals surface area contributed by atoms with Gasteiger partial charge in [-0.25, -0.2) is 4.98 Å². The lowest BCUT2D eigenvalue weighted by Crippen LogP contribution is -2.50. The number of thiazole rings is 1. The molecule has 0 saturated carbocycles. The lowest BCUT2D eigenvalue weighted by atomic mass is 10.1. The molecule has 0 radical (unpaired) electrons. The van der Waals surface area contributed by atoms with Crippen LogP contribution >= 0.6 is 11.3 Å². The van der Waals surface area contributed by atoms with Gasteiger partial charge >= 0.3 is 0 Å². The first kappa shape index (κ1) is 18.2. The molecule has 0 saturated heterocycles. The van der Waals surface area contributed by atoms with Gasteiger partial charge in [0.15, 0.2) is 16.9 Å². The average Bonchev–Trinajstić information content (AvgIpc) is 3.35. The van der Waals surface area contributed by atoms with Gasteiger partial charge in [0.05, 0.1) is 24.3 Å². The van der Waals surface area contributed by atoms with Gasteiger partial charge in [-0.05, 0) is 31.2 Å². The van der Waals surface area contributed by atoms with Crippen molar-refractivity contribution >= 4 is 28.8 Å². The van der Waals surface area contributed by atoms with Gasteiger partial charge in [-0.2, -0.15) is 0 Å². The maximum absolute atomic E-state index is 13.0. The summed E-state index contributed by atoms with van der Waals surface area (Å²) in [5.74, 6) is 1.61. The van der Waals surface area contributed by atoms with Crippen LogP contribution in [0.3, 0.4) is 0 Å². The maximum atomic E-state index is 13.0. The fourth-order valence-electron chi connectivity index (χ4n) is 3.07. The molecule has 1 N–H and O–H groups in total. The first-order valence-corrected chi connectivity index (χ1v) is 9.72. The minimum Gasteiger partial charge on any atom is -0.477 e. The molecule has 0 spiro atoms. The number of hydrogen-bond acceptors (Lipinski definition) is 6. The fraction of sp³-hybridized carbons (Fsp3) is 0.250. The Morgan fingerprint density at radius 2 is 2.11 bits per heavy atom. The van der Waals surface area contributed by atoms with Crippen LogP contribution in [0.15, 0.2) is 46.2 Å². The number of anilines is 1. The van der Waals surface area contributed by atoms with Crippen LogP contribution in [-0.4, -0.2) is 36.5 Å². The standard InChI is InChI=1S/C20H19N3O4S/c1-12-7-8-16(26-12)20-22-13(11-28-20)9-18(24)23-10-17(19(25)21-2)27-15-6-4-3-5-14(15)23/h3-8,11,17H,9-10H2,1-2H3,(H,21,25). The molecular formula is C20H19N3O4S. The van der Waals surface area contributed by atoms with Crippen molar-refractivity contribution in [2.45, 2.75) is 19.4 Å². The van der Waals surface area contributed by atoms with E-state index < -0.39 is 6.10 Å². The van der Waals surface area contributed by atoms with Gasteiger partial charge in [0.25, 0.3) is 5.91 Å². The molecule has 0 bridgehead atoms. The minimum absolute atomic E-state index is 0.130. The Morgan fingerprint density at radius 3 is 2.86 bits per heavy atom. The molecule has 1 aromatic carbocycles. The molecule has 1 aliphatic rings. The van der Waals surface area contributed by atoms with Crippen LogP contribution in [0.5, 0.6) is 5.75 Å². The second-order valence-electron chi connectivity index (χ2n) is 6.42. The number of aryl methyl sites for hydroxylation is 1. The summed E-state index contributed by atoms with van der Waals surface area (Å²) >= 11 is 1.43. The van der Waals surface area contributed by atoms with Crippen LogP contribution in [-0.2, 0) is 16.0 Å². The SMILES string of the molecule is CNC(=O)C1CN(C(=O)Cc2csc(-c3ccc(C)o3)n2)c2ccccc2O1. The van der Waals surface area contributed by atoms with Gasteiger partial charge in [-0.3, -0.25) is 9.59 Å². The van der Waals surface area contributed by atoms with E-state index in [1.807, 2.05) is 42.6 Å². The van der Waals surface area contributed by atoms with E-state index in [0.29, 0.717) is 22.9 Å². The Hall–Kier alpha value is -3.13. The third-order valence-corrected chi connectivity index (χ3v) is 5.35. The molecular weight excluding hydrogens is 378 g/mol. The van der Waals surface area contributed by atoms with E-state index >= 15 is 0 Å². The Kier molecular flexibility index (Phi) is 4.87. The van der Waals surface area contributed by atoms with Gasteiger partial charge < -0.3 is 19.4 Å². The van der Waals surface area contributed by atoms with E-state index in [9.17, 15) is 9.59 Å². The lowest BCUT2D eigenvalue weighted by Gasteiger charge is -2.34. The molecule has 0 fully saturated rings. The van der Waals surface area contributed by atoms with Crippen LogP contribution in [0.2, 0.25) is 0 Å². The maximum Gasteiger partial charge on any atom is 0.262 e. The highest BCUT2D eigenvalue weighted by Gasteiger charge is 2.33. The van der Waals surface area contributed by atoms with Crippen molar-refractivity contribution in [1.82, 2.24) is 10.3 Å². The number of furan rings is 1. The first-order chi connectivity index (χ1) is 13.5. The molecule has 4 rings (SSSR count). The highest BCUT2D eigenvalue weighted by atomic mass is 32.1. The van der Waals surface area contributed by atoms with Gasteiger partial charge in [0.2, 0.25) is 5.91 Å². The van der Waals surface area contributed by atoms with E-state index in [2.05, 4.69) is 10.3 Å². The molecule has 3 aromatic rings. The van der Waals surface area contributed by atoms with Crippen molar-refractivity contribution in [3.8, 4) is 16.5 Å². The highest BCUT2D eigenvalue weighted by Crippen LogP contribution is 2.34. The molecule has 1 aliphatic heterocycles. The van der Waals surface area contributed by atoms with Crippen LogP contribution in [0.4, 0.5) is 5.69 Å². The molecule has 0 aliphatic carbocycles. The molecule has 2 aromatic heterocycles. The Bertz CT molecular complexity index is 1030. The molecule has 1 unspecified atom stereocenters. The van der Waals surface area contributed by atoms with Gasteiger partial charge in [-0.15, -0.1) is 11.3 Å². The lowest BCUT2D eigenvalue weighted by molar-refractivity contribution is -0.127. The average molecular weight is 397 g/mol. The summed E-state index contributed by atoms with van der Waals surface area (Å²) in [5.41, 5.74) is 1.32. The summed E-state index contributed by atoms with van der Waals surface area (Å²) in [6, 6.07) is 11.0. The van der Waals surface area contributed by atoms with E-state index in [4.69, 9.17) is 9.15 Å². The number of nitrogens with one attached hydrogen (secondary N) is 1. The van der Waals surface area contributed by atoms with Gasteiger partial charge in [0, 0.05) is 12.4 Å². The predicted octanol–water partition coefficient (Wildman–Crippen LogP) is 2.79. The smallest absolute Gasteiger partial charge is 0.262 e. The Balaban J connectivity index is 1.55. The molecule has 1 atom stereocenters. The third kappa shape index (κ3) is 3.50. The molecule has 28 heavy (non-hydrogen) atoms. The van der Waals surface area contributed by atoms with Crippen LogP contribution in [0.1, 0.15) is 11.5 Å². The second kappa shape index (κ2) is 7.47. The van der Waals surface area contributed by atoms with E-state index in [0.717, 1.165) is 10.8 Å². The number of benzene rings is 1. The van der Waals surface area contributed by atoms with Gasteiger partial charge in [-0.1, -0.05) is 12.1 Å². The number of amides is 2.